The van der Waals surface area contributed by atoms with E-state index in [9.17, 15) is 5.11 Å². The number of aryl methyl sites for hydroxylation is 1. The summed E-state index contributed by atoms with van der Waals surface area (Å²) < 4.78 is 7.29. The van der Waals surface area contributed by atoms with E-state index in [0.717, 1.165) is 22.2 Å². The molecule has 0 aliphatic rings. The second-order valence-corrected chi connectivity index (χ2v) is 3.96. The third-order valence-corrected chi connectivity index (χ3v) is 3.15. The molecule has 0 saturated carbocycles. The lowest BCUT2D eigenvalue weighted by Crippen LogP contribution is -1.91. The maximum atomic E-state index is 9.31. The van der Waals surface area contributed by atoms with Gasteiger partial charge in [0.15, 0.2) is 0 Å². The Hall–Kier alpha value is -1.19. The van der Waals surface area contributed by atoms with Gasteiger partial charge >= 0.3 is 0 Å². The molecular weight excluding hydrogens is 226 g/mol. The van der Waals surface area contributed by atoms with Crippen molar-refractivity contribution in [2.75, 3.05) is 6.61 Å². The molecular formula is C12H14ClNO2. The minimum Gasteiger partial charge on any atom is -0.494 e. The standard InChI is InChI=1S/C12H14ClNO2/c1-3-16-8-4-5-11-9(6-8)10(7-15)12(13)14(11)2/h4-6,15H,3,7H2,1-2H3. The van der Waals surface area contributed by atoms with Crippen LogP contribution in [0.5, 0.6) is 5.75 Å². The highest BCUT2D eigenvalue weighted by molar-refractivity contribution is 6.32. The molecule has 0 bridgehead atoms. The summed E-state index contributed by atoms with van der Waals surface area (Å²) in [4.78, 5) is 0. The molecule has 0 spiro atoms. The van der Waals surface area contributed by atoms with Crippen LogP contribution < -0.4 is 4.74 Å². The van der Waals surface area contributed by atoms with Crippen LogP contribution >= 0.6 is 11.6 Å². The van der Waals surface area contributed by atoms with E-state index >= 15 is 0 Å². The molecule has 86 valence electrons. The van der Waals surface area contributed by atoms with Gasteiger partial charge in [0.25, 0.3) is 0 Å². The number of nitrogens with zero attached hydrogens (tertiary/aromatic N) is 1. The van der Waals surface area contributed by atoms with Crippen molar-refractivity contribution in [2.45, 2.75) is 13.5 Å². The molecule has 4 heteroatoms. The number of fused-ring (bicyclic) bond motifs is 1. The number of aliphatic hydroxyl groups excluding tert-OH is 1. The second-order valence-electron chi connectivity index (χ2n) is 3.60. The fraction of sp³-hybridized carbons (Fsp3) is 0.333. The Bertz CT molecular complexity index is 519. The Labute approximate surface area is 99.2 Å². The van der Waals surface area contributed by atoms with Crippen LogP contribution in [-0.4, -0.2) is 16.3 Å². The zero-order valence-corrected chi connectivity index (χ0v) is 10.1. The van der Waals surface area contributed by atoms with Gasteiger partial charge in [-0.25, -0.2) is 0 Å². The van der Waals surface area contributed by atoms with E-state index in [2.05, 4.69) is 0 Å². The number of ether oxygens (including phenoxy) is 1. The molecule has 1 aromatic heterocycles. The number of rotatable bonds is 3. The summed E-state index contributed by atoms with van der Waals surface area (Å²) in [5.74, 6) is 0.798. The van der Waals surface area contributed by atoms with Gasteiger partial charge in [0.05, 0.1) is 13.2 Å². The van der Waals surface area contributed by atoms with E-state index < -0.39 is 0 Å². The maximum Gasteiger partial charge on any atom is 0.120 e. The molecule has 1 heterocycles. The predicted molar refractivity (Wildman–Crippen MR) is 65.0 cm³/mol. The van der Waals surface area contributed by atoms with Crippen LogP contribution in [0.3, 0.4) is 0 Å². The number of aromatic nitrogens is 1. The number of benzene rings is 1. The molecule has 0 atom stereocenters. The average Bonchev–Trinajstić information content (AvgIpc) is 2.52. The van der Waals surface area contributed by atoms with Crippen LogP contribution in [0.1, 0.15) is 12.5 Å². The van der Waals surface area contributed by atoms with Crippen molar-refractivity contribution >= 4 is 22.5 Å². The number of hydrogen-bond donors (Lipinski definition) is 1. The van der Waals surface area contributed by atoms with Gasteiger partial charge in [0.2, 0.25) is 0 Å². The summed E-state index contributed by atoms with van der Waals surface area (Å²) in [7, 11) is 1.88. The SMILES string of the molecule is CCOc1ccc2c(c1)c(CO)c(Cl)n2C. The average molecular weight is 240 g/mol. The van der Waals surface area contributed by atoms with Gasteiger partial charge in [0.1, 0.15) is 10.9 Å². The number of aliphatic hydroxyl groups is 1. The molecule has 3 nitrogen and oxygen atoms in total. The summed E-state index contributed by atoms with van der Waals surface area (Å²) >= 11 is 6.13. The monoisotopic (exact) mass is 239 g/mol. The van der Waals surface area contributed by atoms with Crippen LogP contribution in [0, 0.1) is 0 Å². The van der Waals surface area contributed by atoms with Crippen LogP contribution in [-0.2, 0) is 13.7 Å². The molecule has 0 aliphatic heterocycles. The normalized spacial score (nSPS) is 11.0. The van der Waals surface area contributed by atoms with E-state index in [1.807, 2.05) is 36.7 Å². The number of halogens is 1. The fourth-order valence-corrected chi connectivity index (χ4v) is 2.13. The molecule has 1 aromatic carbocycles. The summed E-state index contributed by atoms with van der Waals surface area (Å²) in [5.41, 5.74) is 1.75. The molecule has 0 radical (unpaired) electrons. The van der Waals surface area contributed by atoms with Gasteiger partial charge in [-0.2, -0.15) is 0 Å². The van der Waals surface area contributed by atoms with Gasteiger partial charge < -0.3 is 14.4 Å². The van der Waals surface area contributed by atoms with Crippen LogP contribution in [0.25, 0.3) is 10.9 Å². The van der Waals surface area contributed by atoms with Gasteiger partial charge in [-0.05, 0) is 25.1 Å². The van der Waals surface area contributed by atoms with Gasteiger partial charge in [-0.15, -0.1) is 0 Å². The van der Waals surface area contributed by atoms with E-state index in [1.54, 1.807) is 0 Å². The summed E-state index contributed by atoms with van der Waals surface area (Å²) in [6, 6.07) is 5.77. The van der Waals surface area contributed by atoms with E-state index in [0.29, 0.717) is 11.8 Å². The Morgan fingerprint density at radius 2 is 2.19 bits per heavy atom. The molecule has 2 aromatic rings. The number of hydrogen-bond acceptors (Lipinski definition) is 2. The zero-order valence-electron chi connectivity index (χ0n) is 9.33. The van der Waals surface area contributed by atoms with Crippen molar-refractivity contribution in [3.8, 4) is 5.75 Å². The first-order valence-corrected chi connectivity index (χ1v) is 5.57. The first kappa shape index (κ1) is 11.3. The topological polar surface area (TPSA) is 34.4 Å². The van der Waals surface area contributed by atoms with Crippen LogP contribution in [0.4, 0.5) is 0 Å². The van der Waals surface area contributed by atoms with Gasteiger partial charge in [0, 0.05) is 23.5 Å². The lowest BCUT2D eigenvalue weighted by atomic mass is 10.2. The van der Waals surface area contributed by atoms with Crippen LogP contribution in [0.15, 0.2) is 18.2 Å². The second kappa shape index (κ2) is 4.36. The largest absolute Gasteiger partial charge is 0.494 e. The molecule has 0 unspecified atom stereocenters. The Kier molecular flexibility index (Phi) is 3.08. The molecule has 2 rings (SSSR count). The molecule has 0 amide bonds. The Morgan fingerprint density at radius 3 is 2.81 bits per heavy atom. The van der Waals surface area contributed by atoms with Crippen molar-refractivity contribution in [1.29, 1.82) is 0 Å². The first-order chi connectivity index (χ1) is 7.69. The van der Waals surface area contributed by atoms with E-state index in [-0.39, 0.29) is 6.61 Å². The Balaban J connectivity index is 2.66. The highest BCUT2D eigenvalue weighted by Gasteiger charge is 2.13. The van der Waals surface area contributed by atoms with Crippen molar-refractivity contribution < 1.29 is 9.84 Å². The van der Waals surface area contributed by atoms with Gasteiger partial charge in [-0.3, -0.25) is 0 Å². The quantitative estimate of drug-likeness (QED) is 0.894. The summed E-state index contributed by atoms with van der Waals surface area (Å²) in [6.07, 6.45) is 0. The van der Waals surface area contributed by atoms with E-state index in [4.69, 9.17) is 16.3 Å². The van der Waals surface area contributed by atoms with Crippen molar-refractivity contribution in [1.82, 2.24) is 4.57 Å². The third kappa shape index (κ3) is 1.66. The Morgan fingerprint density at radius 1 is 1.44 bits per heavy atom. The summed E-state index contributed by atoms with van der Waals surface area (Å²) in [5, 5.41) is 10.8. The predicted octanol–water partition coefficient (Wildman–Crippen LogP) is 2.72. The van der Waals surface area contributed by atoms with Crippen molar-refractivity contribution in [3.63, 3.8) is 0 Å². The minimum absolute atomic E-state index is 0.0637. The smallest absolute Gasteiger partial charge is 0.120 e. The third-order valence-electron chi connectivity index (χ3n) is 2.67. The molecule has 16 heavy (non-hydrogen) atoms. The van der Waals surface area contributed by atoms with Crippen molar-refractivity contribution in [3.05, 3.63) is 28.9 Å². The maximum absolute atomic E-state index is 9.31. The van der Waals surface area contributed by atoms with Gasteiger partial charge in [-0.1, -0.05) is 11.6 Å². The minimum atomic E-state index is -0.0637. The lowest BCUT2D eigenvalue weighted by molar-refractivity contribution is 0.283. The first-order valence-electron chi connectivity index (χ1n) is 5.19. The zero-order chi connectivity index (χ0) is 11.7. The molecule has 0 aliphatic carbocycles. The highest BCUT2D eigenvalue weighted by atomic mass is 35.5. The molecule has 1 N–H and O–H groups in total. The van der Waals surface area contributed by atoms with Crippen molar-refractivity contribution in [2.24, 2.45) is 7.05 Å². The lowest BCUT2D eigenvalue weighted by Gasteiger charge is -2.03. The van der Waals surface area contributed by atoms with Crippen LogP contribution in [0.2, 0.25) is 5.15 Å². The fourth-order valence-electron chi connectivity index (χ4n) is 1.88. The highest BCUT2D eigenvalue weighted by Crippen LogP contribution is 2.31. The molecule has 0 saturated heterocycles. The molecule has 0 fully saturated rings. The van der Waals surface area contributed by atoms with E-state index in [1.165, 1.54) is 0 Å². The summed E-state index contributed by atoms with van der Waals surface area (Å²) in [6.45, 7) is 2.50.